The van der Waals surface area contributed by atoms with E-state index in [4.69, 9.17) is 10.7 Å². The molecule has 1 amide bonds. The summed E-state index contributed by atoms with van der Waals surface area (Å²) in [6, 6.07) is -0.394. The largest absolute Gasteiger partial charge is 0.394 e. The lowest BCUT2D eigenvalue weighted by Crippen LogP contribution is -2.48. The molecule has 0 bridgehead atoms. The number of carbonyl (C=O) groups is 1. The van der Waals surface area contributed by atoms with Gasteiger partial charge in [0.2, 0.25) is 0 Å². The highest BCUT2D eigenvalue weighted by molar-refractivity contribution is 6.10. The standard InChI is InChI=1S/C22H35N5O2/c1-13(2)15-8-7-14(3)18(20(15)27-17-11-24-9-10-25-17)19(23)21(29)26-16(12-28)22(4,5)6/h9-11,13-16,28H,7-8,12,23H2,1-6H3,(H,26,29)/t14-,15?,16-/m1/s1. The van der Waals surface area contributed by atoms with E-state index in [0.29, 0.717) is 11.7 Å². The van der Waals surface area contributed by atoms with Crippen LogP contribution in [0, 0.1) is 23.2 Å². The van der Waals surface area contributed by atoms with E-state index in [2.05, 4.69) is 36.1 Å². The molecule has 0 saturated heterocycles. The van der Waals surface area contributed by atoms with Gasteiger partial charge in [0.25, 0.3) is 5.91 Å². The summed E-state index contributed by atoms with van der Waals surface area (Å²) in [4.78, 5) is 26.1. The van der Waals surface area contributed by atoms with Crippen LogP contribution in [0.15, 0.2) is 34.9 Å². The summed E-state index contributed by atoms with van der Waals surface area (Å²) in [7, 11) is 0. The Bertz CT molecular complexity index is 765. The van der Waals surface area contributed by atoms with E-state index in [-0.39, 0.29) is 35.5 Å². The number of aliphatic imine (C=N–C) groups is 1. The number of hydrogen-bond donors (Lipinski definition) is 3. The van der Waals surface area contributed by atoms with Gasteiger partial charge in [-0.1, -0.05) is 41.5 Å². The minimum Gasteiger partial charge on any atom is -0.394 e. The zero-order valence-electron chi connectivity index (χ0n) is 18.4. The Morgan fingerprint density at radius 3 is 2.55 bits per heavy atom. The fraction of sp³-hybridized carbons (Fsp3) is 0.636. The maximum absolute atomic E-state index is 13.0. The first-order valence-electron chi connectivity index (χ1n) is 10.3. The van der Waals surface area contributed by atoms with Crippen LogP contribution >= 0.6 is 0 Å². The van der Waals surface area contributed by atoms with Crippen molar-refractivity contribution in [3.63, 3.8) is 0 Å². The van der Waals surface area contributed by atoms with Crippen LogP contribution in [0.5, 0.6) is 0 Å². The maximum atomic E-state index is 13.0. The molecule has 0 aliphatic heterocycles. The monoisotopic (exact) mass is 401 g/mol. The Hall–Kier alpha value is -2.28. The molecule has 1 aromatic rings. The highest BCUT2D eigenvalue weighted by Crippen LogP contribution is 2.37. The van der Waals surface area contributed by atoms with Gasteiger partial charge in [-0.15, -0.1) is 0 Å². The van der Waals surface area contributed by atoms with Gasteiger partial charge in [0, 0.05) is 23.9 Å². The second kappa shape index (κ2) is 9.48. The SMILES string of the molecule is CC(C)C1CC[C@@H](C)C(=C(N)C(=O)N[C@H](CO)C(C)(C)C)C1=Nc1cnccn1. The number of hydrogen-bond acceptors (Lipinski definition) is 6. The van der Waals surface area contributed by atoms with Crippen LogP contribution in [-0.4, -0.2) is 39.3 Å². The number of rotatable bonds is 5. The Labute approximate surface area is 173 Å². The van der Waals surface area contributed by atoms with E-state index in [1.54, 1.807) is 18.6 Å². The van der Waals surface area contributed by atoms with Crippen LogP contribution in [0.1, 0.15) is 54.4 Å². The first-order chi connectivity index (χ1) is 13.6. The fourth-order valence-corrected chi connectivity index (χ4v) is 3.73. The average molecular weight is 402 g/mol. The Morgan fingerprint density at radius 1 is 1.34 bits per heavy atom. The summed E-state index contributed by atoms with van der Waals surface area (Å²) in [6.07, 6.45) is 6.74. The van der Waals surface area contributed by atoms with Crippen molar-refractivity contribution in [3.8, 4) is 0 Å². The average Bonchev–Trinajstić information content (AvgIpc) is 2.65. The molecule has 1 heterocycles. The summed E-state index contributed by atoms with van der Waals surface area (Å²) in [5, 5.41) is 12.6. The lowest BCUT2D eigenvalue weighted by Gasteiger charge is -2.35. The van der Waals surface area contributed by atoms with Gasteiger partial charge in [-0.2, -0.15) is 0 Å². The van der Waals surface area contributed by atoms with Crippen LogP contribution in [0.2, 0.25) is 0 Å². The number of carbonyl (C=O) groups excluding carboxylic acids is 1. The number of nitrogens with two attached hydrogens (primary N) is 1. The molecular weight excluding hydrogens is 366 g/mol. The molecule has 1 saturated carbocycles. The number of aromatic nitrogens is 2. The molecule has 1 aliphatic carbocycles. The van der Waals surface area contributed by atoms with Crippen molar-refractivity contribution in [3.05, 3.63) is 29.9 Å². The van der Waals surface area contributed by atoms with Crippen molar-refractivity contribution >= 4 is 17.4 Å². The number of allylic oxidation sites excluding steroid dienone is 1. The van der Waals surface area contributed by atoms with Crippen LogP contribution in [0.25, 0.3) is 0 Å². The van der Waals surface area contributed by atoms with Crippen molar-refractivity contribution in [2.75, 3.05) is 6.61 Å². The third-order valence-electron chi connectivity index (χ3n) is 5.69. The van der Waals surface area contributed by atoms with Crippen LogP contribution < -0.4 is 11.1 Å². The van der Waals surface area contributed by atoms with E-state index >= 15 is 0 Å². The molecular formula is C22H35N5O2. The number of aliphatic hydroxyl groups is 1. The van der Waals surface area contributed by atoms with E-state index in [9.17, 15) is 9.90 Å². The van der Waals surface area contributed by atoms with E-state index < -0.39 is 6.04 Å². The van der Waals surface area contributed by atoms with Gasteiger partial charge in [-0.05, 0) is 30.1 Å². The molecule has 0 radical (unpaired) electrons. The molecule has 2 rings (SSSR count). The van der Waals surface area contributed by atoms with Gasteiger partial charge in [-0.25, -0.2) is 9.98 Å². The molecule has 29 heavy (non-hydrogen) atoms. The molecule has 7 heteroatoms. The molecule has 1 aromatic heterocycles. The molecule has 1 fully saturated rings. The molecule has 0 spiro atoms. The lowest BCUT2D eigenvalue weighted by molar-refractivity contribution is -0.119. The van der Waals surface area contributed by atoms with Gasteiger partial charge < -0.3 is 16.2 Å². The van der Waals surface area contributed by atoms with E-state index in [1.807, 2.05) is 20.8 Å². The minimum absolute atomic E-state index is 0.105. The van der Waals surface area contributed by atoms with E-state index in [0.717, 1.165) is 24.1 Å². The van der Waals surface area contributed by atoms with E-state index in [1.165, 1.54) is 0 Å². The normalized spacial score (nSPS) is 24.5. The van der Waals surface area contributed by atoms with Gasteiger partial charge in [0.1, 0.15) is 5.70 Å². The first-order valence-corrected chi connectivity index (χ1v) is 10.3. The molecule has 0 aromatic carbocycles. The van der Waals surface area contributed by atoms with Crippen LogP contribution in [0.4, 0.5) is 5.82 Å². The highest BCUT2D eigenvalue weighted by Gasteiger charge is 2.35. The lowest BCUT2D eigenvalue weighted by atomic mass is 9.72. The molecule has 160 valence electrons. The zero-order chi connectivity index (χ0) is 21.8. The summed E-state index contributed by atoms with van der Waals surface area (Å²) < 4.78 is 0. The topological polar surface area (TPSA) is 113 Å². The van der Waals surface area contributed by atoms with Crippen molar-refractivity contribution in [2.45, 2.75) is 60.4 Å². The third kappa shape index (κ3) is 5.63. The number of aliphatic hydroxyl groups excluding tert-OH is 1. The summed E-state index contributed by atoms with van der Waals surface area (Å²) in [5.41, 5.74) is 7.89. The quantitative estimate of drug-likeness (QED) is 0.656. The predicted molar refractivity (Wildman–Crippen MR) is 116 cm³/mol. The molecule has 1 unspecified atom stereocenters. The molecule has 3 atom stereocenters. The maximum Gasteiger partial charge on any atom is 0.267 e. The molecule has 1 aliphatic rings. The minimum atomic E-state index is -0.394. The van der Waals surface area contributed by atoms with Crippen LogP contribution in [0.3, 0.4) is 0 Å². The predicted octanol–water partition coefficient (Wildman–Crippen LogP) is 2.99. The molecule has 4 N–H and O–H groups in total. The second-order valence-electron chi connectivity index (χ2n) is 9.29. The summed E-state index contributed by atoms with van der Waals surface area (Å²) >= 11 is 0. The highest BCUT2D eigenvalue weighted by atomic mass is 16.3. The summed E-state index contributed by atoms with van der Waals surface area (Å²) in [5.74, 6) is 0.788. The van der Waals surface area contributed by atoms with Crippen molar-refractivity contribution < 1.29 is 9.90 Å². The first kappa shape index (κ1) is 23.0. The Morgan fingerprint density at radius 2 is 2.03 bits per heavy atom. The van der Waals surface area contributed by atoms with Crippen molar-refractivity contribution in [1.82, 2.24) is 15.3 Å². The fourth-order valence-electron chi connectivity index (χ4n) is 3.73. The number of amides is 1. The van der Waals surface area contributed by atoms with Crippen molar-refractivity contribution in [2.24, 2.45) is 33.9 Å². The van der Waals surface area contributed by atoms with Gasteiger partial charge >= 0.3 is 0 Å². The number of nitrogens with one attached hydrogen (secondary N) is 1. The smallest absolute Gasteiger partial charge is 0.267 e. The van der Waals surface area contributed by atoms with Gasteiger partial charge in [0.15, 0.2) is 5.82 Å². The molecule has 7 nitrogen and oxygen atoms in total. The van der Waals surface area contributed by atoms with Gasteiger partial charge in [0.05, 0.1) is 24.6 Å². The third-order valence-corrected chi connectivity index (χ3v) is 5.69. The zero-order valence-corrected chi connectivity index (χ0v) is 18.4. The van der Waals surface area contributed by atoms with Crippen molar-refractivity contribution in [1.29, 1.82) is 0 Å². The Kier molecular flexibility index (Phi) is 7.52. The second-order valence-corrected chi connectivity index (χ2v) is 9.29. The summed E-state index contributed by atoms with van der Waals surface area (Å²) in [6.45, 7) is 12.1. The van der Waals surface area contributed by atoms with Crippen LogP contribution in [-0.2, 0) is 4.79 Å². The Balaban J connectivity index is 2.50. The van der Waals surface area contributed by atoms with Gasteiger partial charge in [-0.3, -0.25) is 9.78 Å². The number of nitrogens with zero attached hydrogens (tertiary/aromatic N) is 3.